The molecule has 6 aliphatic rings. The van der Waals surface area contributed by atoms with Gasteiger partial charge in [-0.2, -0.15) is 22.0 Å². The Morgan fingerprint density at radius 2 is 0.377 bits per heavy atom. The second-order valence-electron chi connectivity index (χ2n) is 41.1. The smallest absolute Gasteiger partial charge is 0.212 e. The predicted molar refractivity (Wildman–Crippen MR) is 568 cm³/mol. The Hall–Kier alpha value is -9.84. The van der Waals surface area contributed by atoms with Crippen molar-refractivity contribution in [1.29, 1.82) is 0 Å². The Labute approximate surface area is 830 Å². The first-order valence-corrected chi connectivity index (χ1v) is 54.2. The molecule has 0 saturated heterocycles. The molecule has 732 valence electrons. The molecule has 12 aromatic rings. The van der Waals surface area contributed by atoms with E-state index in [1.165, 1.54) is 339 Å². The van der Waals surface area contributed by atoms with Crippen molar-refractivity contribution in [3.8, 4) is 66.8 Å². The molecule has 6 saturated carbocycles. The van der Waals surface area contributed by atoms with E-state index in [-0.39, 0.29) is 0 Å². The molecule has 0 radical (unpaired) electrons. The zero-order valence-corrected chi connectivity index (χ0v) is 84.6. The van der Waals surface area contributed by atoms with Gasteiger partial charge in [-0.25, -0.2) is 29.9 Å². The largest absolute Gasteiger partial charge is 0.244 e. The molecule has 6 heterocycles. The highest BCUT2D eigenvalue weighted by molar-refractivity contribution is 6.29. The maximum absolute atomic E-state index is 13.0. The molecule has 0 amide bonds. The lowest BCUT2D eigenvalue weighted by Crippen LogP contribution is -2.13. The van der Waals surface area contributed by atoms with Crippen molar-refractivity contribution in [2.45, 2.75) is 347 Å². The van der Waals surface area contributed by atoms with Crippen LogP contribution in [-0.2, 0) is 0 Å². The first-order chi connectivity index (χ1) is 67.6. The first-order valence-electron chi connectivity index (χ1n) is 53.9. The minimum absolute atomic E-state index is 0.424. The molecule has 18 rings (SSSR count). The lowest BCUT2D eigenvalue weighted by Gasteiger charge is -2.29. The normalized spacial score (nSPS) is 21.3. The summed E-state index contributed by atoms with van der Waals surface area (Å²) in [4.78, 5) is 22.8. The molecule has 12 heteroatoms. The van der Waals surface area contributed by atoms with Gasteiger partial charge in [-0.05, 0) is 365 Å². The van der Waals surface area contributed by atoms with Gasteiger partial charge in [0, 0.05) is 70.6 Å². The molecule has 0 unspecified atom stereocenters. The molecule has 0 atom stereocenters. The van der Waals surface area contributed by atoms with Crippen molar-refractivity contribution in [3.63, 3.8) is 0 Å². The number of hydrogen-bond donors (Lipinski definition) is 0. The highest BCUT2D eigenvalue weighted by Gasteiger charge is 2.29. The van der Waals surface area contributed by atoms with E-state index < -0.39 is 29.7 Å². The van der Waals surface area contributed by atoms with Gasteiger partial charge >= 0.3 is 0 Å². The van der Waals surface area contributed by atoms with Gasteiger partial charge in [0.25, 0.3) is 0 Å². The summed E-state index contributed by atoms with van der Waals surface area (Å²) in [6.45, 7) is 13.8. The highest BCUT2D eigenvalue weighted by Crippen LogP contribution is 2.45. The summed E-state index contributed by atoms with van der Waals surface area (Å²) in [5, 5.41) is 0.544. The molecular weight excluding hydrogens is 1730 g/mol. The van der Waals surface area contributed by atoms with Crippen LogP contribution in [0.5, 0.6) is 0 Å². The number of aromatic nitrogens is 6. The Morgan fingerprint density at radius 1 is 0.188 bits per heavy atom. The number of rotatable bonds is 30. The van der Waals surface area contributed by atoms with E-state index in [9.17, 15) is 22.0 Å². The number of unbranched alkanes of at least 4 members (excludes halogenated alkanes) is 8. The molecule has 0 N–H and O–H groups in total. The second-order valence-corrected chi connectivity index (χ2v) is 41.4. The number of benzene rings is 6. The zero-order valence-electron chi connectivity index (χ0n) is 83.8. The zero-order chi connectivity index (χ0) is 96.4. The van der Waals surface area contributed by atoms with E-state index in [0.717, 1.165) is 103 Å². The van der Waals surface area contributed by atoms with E-state index >= 15 is 0 Å². The quantitative estimate of drug-likeness (QED) is 0.0254. The van der Waals surface area contributed by atoms with Crippen molar-refractivity contribution in [2.24, 2.45) is 35.5 Å². The van der Waals surface area contributed by atoms with Crippen LogP contribution in [0.4, 0.5) is 22.0 Å². The topological polar surface area (TPSA) is 77.3 Å². The van der Waals surface area contributed by atoms with E-state index in [4.69, 9.17) is 11.6 Å². The molecule has 0 spiro atoms. The third-order valence-electron chi connectivity index (χ3n) is 31.7. The maximum Gasteiger partial charge on any atom is 0.212 e. The van der Waals surface area contributed by atoms with Crippen LogP contribution >= 0.6 is 11.6 Å². The molecule has 6 aliphatic carbocycles. The minimum atomic E-state index is -0.428. The lowest BCUT2D eigenvalue weighted by atomic mass is 9.77. The monoisotopic (exact) mass is 1880 g/mol. The Bertz CT molecular complexity index is 5220. The van der Waals surface area contributed by atoms with E-state index in [1.54, 1.807) is 61.3 Å². The van der Waals surface area contributed by atoms with Gasteiger partial charge in [0.05, 0.1) is 0 Å². The van der Waals surface area contributed by atoms with Gasteiger partial charge in [0.1, 0.15) is 5.15 Å². The number of halogens is 6. The fraction of sp³-hybridized carbons (Fsp3) is 0.476. The van der Waals surface area contributed by atoms with Gasteiger partial charge in [-0.1, -0.05) is 314 Å². The summed E-state index contributed by atoms with van der Waals surface area (Å²) in [5.41, 5.74) is 21.5. The summed E-state index contributed by atoms with van der Waals surface area (Å²) in [5.74, 6) is 7.92. The van der Waals surface area contributed by atoms with E-state index in [1.807, 2.05) is 18.3 Å². The fourth-order valence-corrected chi connectivity index (χ4v) is 22.8. The van der Waals surface area contributed by atoms with Crippen LogP contribution in [0.1, 0.15) is 380 Å². The average Bonchev–Trinajstić information content (AvgIpc) is 0.852. The van der Waals surface area contributed by atoms with E-state index in [0.29, 0.717) is 34.7 Å². The lowest BCUT2D eigenvalue weighted by molar-refractivity contribution is 0.302. The van der Waals surface area contributed by atoms with Gasteiger partial charge in [0.15, 0.2) is 0 Å². The number of pyridine rings is 6. The van der Waals surface area contributed by atoms with Crippen LogP contribution < -0.4 is 0 Å². The predicted octanol–water partition coefficient (Wildman–Crippen LogP) is 38.6. The molecule has 0 bridgehead atoms. The minimum Gasteiger partial charge on any atom is -0.244 e. The van der Waals surface area contributed by atoms with Gasteiger partial charge in [-0.3, -0.25) is 0 Å². The molecule has 6 nitrogen and oxygen atoms in total. The Morgan fingerprint density at radius 3 is 0.572 bits per heavy atom. The highest BCUT2D eigenvalue weighted by atomic mass is 35.5. The molecule has 6 aromatic carbocycles. The van der Waals surface area contributed by atoms with Crippen LogP contribution in [0, 0.1) is 65.2 Å². The van der Waals surface area contributed by atoms with Crippen LogP contribution in [0.15, 0.2) is 256 Å². The van der Waals surface area contributed by atoms with Crippen molar-refractivity contribution >= 4 is 11.6 Å². The SMILES string of the molecule is CCC1CCC(c2ccc(-c3ccc(Cl)nc3)cc2)CC1.CCC1CCC(c2ccc(-c3ccc(F)nc3)cc2)CC1.CCCC1CCC(c2ccc(-c3ccc(F)nc3)cc2)CC1.CCCCC1CCC(c2ccc(-c3ccc(F)nc3)cc2)CC1.CCCCCCC1CCC(c2ccc(-c3ccc(F)nc3)cc2)CC1.CCCCCCCC1CCC(c2ccc(-c3ccc(F)nc3)cc2)CC1. The van der Waals surface area contributed by atoms with Gasteiger partial charge < -0.3 is 0 Å². The Kier molecular flexibility index (Phi) is 43.7. The van der Waals surface area contributed by atoms with Crippen LogP contribution in [0.3, 0.4) is 0 Å². The first kappa shape index (κ1) is 105. The fourth-order valence-electron chi connectivity index (χ4n) is 22.7. The molecular formula is C126H156ClF5N6. The van der Waals surface area contributed by atoms with Crippen molar-refractivity contribution < 1.29 is 22.0 Å². The second kappa shape index (κ2) is 57.2. The molecule has 6 fully saturated rings. The van der Waals surface area contributed by atoms with Crippen molar-refractivity contribution in [1.82, 2.24) is 29.9 Å². The molecule has 0 aliphatic heterocycles. The molecule has 6 aromatic heterocycles. The van der Waals surface area contributed by atoms with Crippen molar-refractivity contribution in [2.75, 3.05) is 0 Å². The van der Waals surface area contributed by atoms with E-state index in [2.05, 4.69) is 217 Å². The van der Waals surface area contributed by atoms with Crippen LogP contribution in [0.2, 0.25) is 5.15 Å². The average molecular weight is 1890 g/mol. The Balaban J connectivity index is 0.000000140. The van der Waals surface area contributed by atoms with Crippen molar-refractivity contribution in [3.05, 3.63) is 324 Å². The summed E-state index contributed by atoms with van der Waals surface area (Å²) in [6, 6.07) is 72.8. The summed E-state index contributed by atoms with van der Waals surface area (Å²) in [7, 11) is 0. The third-order valence-corrected chi connectivity index (χ3v) is 32.0. The third kappa shape index (κ3) is 33.7. The standard InChI is InChI=1S/C24H32FN.C23H30FN.C21H26FN.C20H24FN.C19H22ClN.C19H22FN/c1-2-3-4-5-6-7-19-8-10-20(11-9-19)21-12-14-22(15-13-21)23-16-17-24(25)26-18-23;1-2-3-4-5-6-18-7-9-19(10-8-18)20-11-13-21(14-12-20)22-15-16-23(24)25-17-22;1-2-3-4-16-5-7-17(8-6-16)18-9-11-19(12-10-18)20-13-14-21(22)23-15-20;1-2-3-15-4-6-16(7-5-15)17-8-10-18(11-9-17)19-12-13-20(21)22-14-19;2*1-2-14-3-5-15(6-4-14)16-7-9-17(10-8-16)18-11-12-19(20)21-13-18/h12-20H,2-11H2,1H3;11-19H,2-10H2,1H3;9-17H,2-8H2,1H3;8-16H,2-7H2,1H3;2*7-15H,2-6H2,1H3. The van der Waals surface area contributed by atoms with Gasteiger partial charge in [0.2, 0.25) is 29.7 Å². The maximum atomic E-state index is 13.0. The summed E-state index contributed by atoms with van der Waals surface area (Å²) >= 11 is 5.84. The number of nitrogens with zero attached hydrogens (tertiary/aromatic N) is 6. The van der Waals surface area contributed by atoms with Crippen LogP contribution in [0.25, 0.3) is 66.8 Å². The summed E-state index contributed by atoms with van der Waals surface area (Å²) < 4.78 is 64.6. The number of hydrogen-bond acceptors (Lipinski definition) is 6. The summed E-state index contributed by atoms with van der Waals surface area (Å²) in [6.07, 6.45) is 67.3. The van der Waals surface area contributed by atoms with Crippen LogP contribution in [-0.4, -0.2) is 29.9 Å². The molecule has 138 heavy (non-hydrogen) atoms. The van der Waals surface area contributed by atoms with Gasteiger partial charge in [-0.15, -0.1) is 0 Å².